The molecule has 1 fully saturated rings. The van der Waals surface area contributed by atoms with Gasteiger partial charge >= 0.3 is 0 Å². The van der Waals surface area contributed by atoms with Crippen LogP contribution in [0.15, 0.2) is 60.7 Å². The summed E-state index contributed by atoms with van der Waals surface area (Å²) in [5.74, 6) is -0.220. The SMILES string of the molecule is C=CCOc1ccc(C(O)=C2C(=O)C(=O)N(CCOC)C2c2ccc(OC)c(OC)c2)cc1. The van der Waals surface area contributed by atoms with Gasteiger partial charge < -0.3 is 29.0 Å². The van der Waals surface area contributed by atoms with E-state index in [-0.39, 0.29) is 24.5 Å². The number of ether oxygens (including phenoxy) is 4. The van der Waals surface area contributed by atoms with E-state index in [1.165, 1.54) is 26.2 Å². The highest BCUT2D eigenvalue weighted by Gasteiger charge is 2.46. The molecular formula is C25H27NO7. The number of likely N-dealkylation sites (tertiary alicyclic amines) is 1. The van der Waals surface area contributed by atoms with Crippen molar-refractivity contribution >= 4 is 17.4 Å². The summed E-state index contributed by atoms with van der Waals surface area (Å²) in [5.41, 5.74) is 0.967. The minimum absolute atomic E-state index is 0.0110. The average Bonchev–Trinajstić information content (AvgIpc) is 3.10. The van der Waals surface area contributed by atoms with E-state index >= 15 is 0 Å². The van der Waals surface area contributed by atoms with E-state index in [1.54, 1.807) is 48.5 Å². The second kappa shape index (κ2) is 10.7. The third-order valence-electron chi connectivity index (χ3n) is 5.30. The van der Waals surface area contributed by atoms with Gasteiger partial charge in [0.05, 0.1) is 32.4 Å². The van der Waals surface area contributed by atoms with Crippen LogP contribution >= 0.6 is 0 Å². The number of ketones is 1. The molecule has 1 saturated heterocycles. The summed E-state index contributed by atoms with van der Waals surface area (Å²) in [6, 6.07) is 10.9. The third-order valence-corrected chi connectivity index (χ3v) is 5.30. The van der Waals surface area contributed by atoms with Crippen LogP contribution in [0.1, 0.15) is 17.2 Å². The fourth-order valence-electron chi connectivity index (χ4n) is 3.69. The molecule has 0 saturated carbocycles. The van der Waals surface area contributed by atoms with Crippen LogP contribution in [-0.2, 0) is 14.3 Å². The Balaban J connectivity index is 2.11. The number of amides is 1. The topological polar surface area (TPSA) is 94.5 Å². The van der Waals surface area contributed by atoms with Gasteiger partial charge in [0.1, 0.15) is 18.1 Å². The summed E-state index contributed by atoms with van der Waals surface area (Å²) in [4.78, 5) is 27.3. The molecule has 1 amide bonds. The normalized spacial score (nSPS) is 17.2. The molecule has 1 atom stereocenters. The van der Waals surface area contributed by atoms with E-state index in [1.807, 2.05) is 0 Å². The molecule has 33 heavy (non-hydrogen) atoms. The van der Waals surface area contributed by atoms with Gasteiger partial charge in [-0.15, -0.1) is 0 Å². The number of nitrogens with zero attached hydrogens (tertiary/aromatic N) is 1. The first kappa shape index (κ1) is 23.9. The number of carbonyl (C=O) groups excluding carboxylic acids is 2. The summed E-state index contributed by atoms with van der Waals surface area (Å²) in [7, 11) is 4.53. The first-order valence-corrected chi connectivity index (χ1v) is 10.3. The lowest BCUT2D eigenvalue weighted by Crippen LogP contribution is -2.32. The van der Waals surface area contributed by atoms with Crippen molar-refractivity contribution in [3.8, 4) is 17.2 Å². The van der Waals surface area contributed by atoms with Crippen LogP contribution in [0.5, 0.6) is 17.2 Å². The molecule has 2 aromatic rings. The predicted octanol–water partition coefficient (Wildman–Crippen LogP) is 3.34. The van der Waals surface area contributed by atoms with E-state index in [0.29, 0.717) is 35.0 Å². The van der Waals surface area contributed by atoms with E-state index in [0.717, 1.165) is 0 Å². The van der Waals surface area contributed by atoms with Crippen LogP contribution in [0.3, 0.4) is 0 Å². The highest BCUT2D eigenvalue weighted by molar-refractivity contribution is 6.46. The molecule has 1 aliphatic rings. The lowest BCUT2D eigenvalue weighted by molar-refractivity contribution is -0.140. The monoisotopic (exact) mass is 453 g/mol. The summed E-state index contributed by atoms with van der Waals surface area (Å²) in [5, 5.41) is 11.1. The van der Waals surface area contributed by atoms with Crippen molar-refractivity contribution in [2.24, 2.45) is 0 Å². The molecule has 1 N–H and O–H groups in total. The Kier molecular flexibility index (Phi) is 7.74. The largest absolute Gasteiger partial charge is 0.507 e. The maximum Gasteiger partial charge on any atom is 0.295 e. The Labute approximate surface area is 192 Å². The van der Waals surface area contributed by atoms with Crippen LogP contribution in [0, 0.1) is 0 Å². The number of Topliss-reactive ketones (excluding diaryl/α,β-unsaturated/α-hetero) is 1. The van der Waals surface area contributed by atoms with Gasteiger partial charge in [-0.1, -0.05) is 18.7 Å². The number of rotatable bonds is 10. The van der Waals surface area contributed by atoms with E-state index in [2.05, 4.69) is 6.58 Å². The van der Waals surface area contributed by atoms with Crippen LogP contribution in [-0.4, -0.2) is 62.8 Å². The smallest absolute Gasteiger partial charge is 0.295 e. The quantitative estimate of drug-likeness (QED) is 0.255. The molecule has 0 aromatic heterocycles. The van der Waals surface area contributed by atoms with Gasteiger partial charge in [-0.05, 0) is 42.0 Å². The molecule has 1 aliphatic heterocycles. The number of hydrogen-bond donors (Lipinski definition) is 1. The lowest BCUT2D eigenvalue weighted by atomic mass is 9.95. The van der Waals surface area contributed by atoms with Crippen molar-refractivity contribution < 1.29 is 33.6 Å². The fourth-order valence-corrected chi connectivity index (χ4v) is 3.69. The maximum atomic E-state index is 13.0. The van der Waals surface area contributed by atoms with Crippen molar-refractivity contribution in [3.05, 3.63) is 71.8 Å². The van der Waals surface area contributed by atoms with Gasteiger partial charge in [0.2, 0.25) is 0 Å². The van der Waals surface area contributed by atoms with Gasteiger partial charge in [0.25, 0.3) is 11.7 Å². The molecular weight excluding hydrogens is 426 g/mol. The average molecular weight is 453 g/mol. The molecule has 2 aromatic carbocycles. The van der Waals surface area contributed by atoms with Gasteiger partial charge in [-0.25, -0.2) is 0 Å². The van der Waals surface area contributed by atoms with Crippen LogP contribution in [0.4, 0.5) is 0 Å². The highest BCUT2D eigenvalue weighted by Crippen LogP contribution is 2.41. The summed E-state index contributed by atoms with van der Waals surface area (Å²) < 4.78 is 21.3. The van der Waals surface area contributed by atoms with Gasteiger partial charge in [0, 0.05) is 19.2 Å². The Hall–Kier alpha value is -3.78. The Morgan fingerprint density at radius 2 is 1.76 bits per heavy atom. The molecule has 0 aliphatic carbocycles. The zero-order valence-corrected chi connectivity index (χ0v) is 18.9. The second-order valence-electron chi connectivity index (χ2n) is 7.22. The number of hydrogen-bond acceptors (Lipinski definition) is 7. The molecule has 1 heterocycles. The van der Waals surface area contributed by atoms with E-state index in [9.17, 15) is 14.7 Å². The summed E-state index contributed by atoms with van der Waals surface area (Å²) in [6.45, 7) is 4.35. The van der Waals surface area contributed by atoms with Crippen molar-refractivity contribution in [1.29, 1.82) is 0 Å². The highest BCUT2D eigenvalue weighted by atomic mass is 16.5. The molecule has 1 unspecified atom stereocenters. The van der Waals surface area contributed by atoms with Crippen molar-refractivity contribution in [1.82, 2.24) is 4.90 Å². The number of carbonyl (C=O) groups is 2. The third kappa shape index (κ3) is 4.85. The minimum atomic E-state index is -0.823. The second-order valence-corrected chi connectivity index (χ2v) is 7.22. The first-order valence-electron chi connectivity index (χ1n) is 10.3. The molecule has 3 rings (SSSR count). The Morgan fingerprint density at radius 1 is 1.06 bits per heavy atom. The number of methoxy groups -OCH3 is 3. The van der Waals surface area contributed by atoms with Gasteiger partial charge in [0.15, 0.2) is 11.5 Å². The summed E-state index contributed by atoms with van der Waals surface area (Å²) in [6.07, 6.45) is 1.62. The van der Waals surface area contributed by atoms with Crippen molar-refractivity contribution in [2.75, 3.05) is 41.1 Å². The number of aliphatic hydroxyl groups excluding tert-OH is 1. The van der Waals surface area contributed by atoms with Crippen molar-refractivity contribution in [3.63, 3.8) is 0 Å². The van der Waals surface area contributed by atoms with E-state index in [4.69, 9.17) is 18.9 Å². The molecule has 0 bridgehead atoms. The zero-order chi connectivity index (χ0) is 24.0. The van der Waals surface area contributed by atoms with E-state index < -0.39 is 17.7 Å². The molecule has 0 radical (unpaired) electrons. The predicted molar refractivity (Wildman–Crippen MR) is 123 cm³/mol. The molecule has 0 spiro atoms. The van der Waals surface area contributed by atoms with Gasteiger partial charge in [-0.3, -0.25) is 9.59 Å². The number of aliphatic hydroxyl groups is 1. The lowest BCUT2D eigenvalue weighted by Gasteiger charge is -2.25. The Bertz CT molecular complexity index is 1060. The zero-order valence-electron chi connectivity index (χ0n) is 18.9. The van der Waals surface area contributed by atoms with Crippen LogP contribution in [0.2, 0.25) is 0 Å². The molecule has 8 nitrogen and oxygen atoms in total. The maximum absolute atomic E-state index is 13.0. The minimum Gasteiger partial charge on any atom is -0.507 e. The standard InChI is InChI=1S/C25H27NO7/c1-5-13-33-18-9-6-16(7-10-18)23(27)21-22(26(12-14-30-2)25(29)24(21)28)17-8-11-19(31-3)20(15-17)32-4/h5-11,15,22,27H,1,12-14H2,2-4H3. The van der Waals surface area contributed by atoms with Crippen LogP contribution in [0.25, 0.3) is 5.76 Å². The summed E-state index contributed by atoms with van der Waals surface area (Å²) >= 11 is 0. The van der Waals surface area contributed by atoms with Crippen molar-refractivity contribution in [2.45, 2.75) is 6.04 Å². The molecule has 8 heteroatoms. The Morgan fingerprint density at radius 3 is 2.36 bits per heavy atom. The van der Waals surface area contributed by atoms with Gasteiger partial charge in [-0.2, -0.15) is 0 Å². The fraction of sp³-hybridized carbons (Fsp3) is 0.280. The molecule has 174 valence electrons. The number of benzene rings is 2. The van der Waals surface area contributed by atoms with Crippen LogP contribution < -0.4 is 14.2 Å². The first-order chi connectivity index (χ1) is 16.0.